The van der Waals surface area contributed by atoms with E-state index in [-0.39, 0.29) is 5.96 Å². The van der Waals surface area contributed by atoms with Crippen molar-refractivity contribution in [2.24, 2.45) is 12.1 Å². The van der Waals surface area contributed by atoms with Crippen molar-refractivity contribution in [3.8, 4) is 0 Å². The van der Waals surface area contributed by atoms with E-state index in [1.54, 1.807) is 0 Å². The SMILES string of the molecule is CN1NNN=C1NC(=O)c1nn(C)c(=O)c(C(F)(F)F)c1Cl. The zero-order chi connectivity index (χ0) is 16.7. The molecule has 0 aromatic carbocycles. The molecule has 0 bridgehead atoms. The minimum Gasteiger partial charge on any atom is -0.288 e. The number of nitrogens with zero attached hydrogens (tertiary/aromatic N) is 4. The van der Waals surface area contributed by atoms with Crippen molar-refractivity contribution in [3.05, 3.63) is 26.6 Å². The highest BCUT2D eigenvalue weighted by molar-refractivity contribution is 6.34. The van der Waals surface area contributed by atoms with Gasteiger partial charge in [-0.2, -0.15) is 18.3 Å². The van der Waals surface area contributed by atoms with Gasteiger partial charge in [0.25, 0.3) is 11.5 Å². The maximum Gasteiger partial charge on any atom is 0.423 e. The fraction of sp³-hybridized carbons (Fsp3) is 0.333. The van der Waals surface area contributed by atoms with E-state index in [4.69, 9.17) is 11.6 Å². The average Bonchev–Trinajstić information content (AvgIpc) is 2.78. The number of rotatable bonds is 1. The lowest BCUT2D eigenvalue weighted by atomic mass is 10.2. The van der Waals surface area contributed by atoms with Gasteiger partial charge in [-0.05, 0) is 0 Å². The zero-order valence-corrected chi connectivity index (χ0v) is 11.9. The third-order valence-electron chi connectivity index (χ3n) is 2.61. The van der Waals surface area contributed by atoms with Gasteiger partial charge in [-0.15, -0.1) is 10.6 Å². The van der Waals surface area contributed by atoms with Crippen LogP contribution in [0.15, 0.2) is 9.90 Å². The number of alkyl halides is 3. The molecule has 3 N–H and O–H groups in total. The van der Waals surface area contributed by atoms with E-state index in [9.17, 15) is 22.8 Å². The molecule has 1 aliphatic rings. The van der Waals surface area contributed by atoms with E-state index in [1.807, 2.05) is 0 Å². The highest BCUT2D eigenvalue weighted by Crippen LogP contribution is 2.32. The Balaban J connectivity index is 2.46. The van der Waals surface area contributed by atoms with Gasteiger partial charge in [-0.3, -0.25) is 19.9 Å². The first-order valence-corrected chi connectivity index (χ1v) is 5.98. The molecule has 120 valence electrons. The number of hydrazone groups is 1. The van der Waals surface area contributed by atoms with Gasteiger partial charge in [-0.25, -0.2) is 10.2 Å². The second-order valence-corrected chi connectivity index (χ2v) is 4.51. The zero-order valence-electron chi connectivity index (χ0n) is 11.1. The molecule has 0 radical (unpaired) electrons. The highest BCUT2D eigenvalue weighted by Gasteiger charge is 2.40. The fourth-order valence-corrected chi connectivity index (χ4v) is 1.87. The summed E-state index contributed by atoms with van der Waals surface area (Å²) in [6, 6.07) is 0. The summed E-state index contributed by atoms with van der Waals surface area (Å²) in [6.45, 7) is 0. The largest absolute Gasteiger partial charge is 0.423 e. The molecule has 0 spiro atoms. The summed E-state index contributed by atoms with van der Waals surface area (Å²) in [5, 5.41) is 9.44. The lowest BCUT2D eigenvalue weighted by Gasteiger charge is -2.15. The number of carbonyl (C=O) groups is 1. The fourth-order valence-electron chi connectivity index (χ4n) is 1.56. The molecule has 0 saturated heterocycles. The summed E-state index contributed by atoms with van der Waals surface area (Å²) >= 11 is 5.55. The second kappa shape index (κ2) is 5.46. The van der Waals surface area contributed by atoms with Gasteiger partial charge in [0.05, 0.1) is 5.02 Å². The Kier molecular flexibility index (Phi) is 3.98. The molecule has 2 rings (SSSR count). The van der Waals surface area contributed by atoms with Crippen molar-refractivity contribution in [2.75, 3.05) is 7.05 Å². The number of aryl methyl sites for hydroxylation is 1. The number of hydrogen-bond donors (Lipinski definition) is 3. The molecule has 1 aromatic rings. The first-order chi connectivity index (χ1) is 10.1. The van der Waals surface area contributed by atoms with E-state index in [0.717, 1.165) is 7.05 Å². The quantitative estimate of drug-likeness (QED) is 0.632. The number of carbonyl (C=O) groups excluding carboxylic acids is 1. The van der Waals surface area contributed by atoms with Crippen LogP contribution in [-0.4, -0.2) is 33.7 Å². The van der Waals surface area contributed by atoms with Crippen LogP contribution in [0.2, 0.25) is 5.02 Å². The topological polar surface area (TPSA) is 104 Å². The van der Waals surface area contributed by atoms with E-state index < -0.39 is 33.9 Å². The standard InChI is InChI=1S/C9H9ClF3N7O2/c1-19-7(22)3(9(11,12)13)4(10)5(16-19)6(21)14-8-15-17-18-20(8)2/h17-18H,1-2H3,(H,14,15,21). The molecular formula is C9H9ClF3N7O2. The first-order valence-electron chi connectivity index (χ1n) is 5.60. The lowest BCUT2D eigenvalue weighted by molar-refractivity contribution is -0.139. The Morgan fingerprint density at radius 1 is 1.36 bits per heavy atom. The summed E-state index contributed by atoms with van der Waals surface area (Å²) in [5.74, 6) is -1.08. The monoisotopic (exact) mass is 339 g/mol. The van der Waals surface area contributed by atoms with Gasteiger partial charge in [0.15, 0.2) is 5.69 Å². The highest BCUT2D eigenvalue weighted by atomic mass is 35.5. The lowest BCUT2D eigenvalue weighted by Crippen LogP contribution is -2.45. The molecule has 2 heterocycles. The summed E-state index contributed by atoms with van der Waals surface area (Å²) in [6.07, 6.45) is -5.02. The molecule has 0 atom stereocenters. The molecule has 0 aliphatic carbocycles. The van der Waals surface area contributed by atoms with Crippen LogP contribution in [0.1, 0.15) is 16.1 Å². The number of halogens is 4. The van der Waals surface area contributed by atoms with Crippen LogP contribution in [-0.2, 0) is 13.2 Å². The van der Waals surface area contributed by atoms with Crippen LogP contribution in [0.4, 0.5) is 13.2 Å². The molecule has 1 aromatic heterocycles. The number of hydrogen-bond acceptors (Lipinski definition) is 7. The predicted molar refractivity (Wildman–Crippen MR) is 68.4 cm³/mol. The Labute approximate surface area is 125 Å². The maximum atomic E-state index is 12.9. The van der Waals surface area contributed by atoms with Gasteiger partial charge in [0.2, 0.25) is 5.96 Å². The van der Waals surface area contributed by atoms with Gasteiger partial charge in [0.1, 0.15) is 5.56 Å². The van der Waals surface area contributed by atoms with Crippen LogP contribution in [0.25, 0.3) is 0 Å². The average molecular weight is 340 g/mol. The van der Waals surface area contributed by atoms with Crippen LogP contribution in [0, 0.1) is 0 Å². The molecule has 0 unspecified atom stereocenters. The predicted octanol–water partition coefficient (Wildman–Crippen LogP) is -0.592. The number of nitrogens with one attached hydrogen (secondary N) is 3. The minimum atomic E-state index is -5.02. The molecule has 13 heteroatoms. The van der Waals surface area contributed by atoms with Crippen LogP contribution in [0.5, 0.6) is 0 Å². The number of amides is 1. The van der Waals surface area contributed by atoms with E-state index in [2.05, 4.69) is 26.6 Å². The molecule has 0 saturated carbocycles. The molecule has 0 fully saturated rings. The van der Waals surface area contributed by atoms with E-state index >= 15 is 0 Å². The Morgan fingerprint density at radius 2 is 2.00 bits per heavy atom. The molecular weight excluding hydrogens is 331 g/mol. The van der Waals surface area contributed by atoms with Gasteiger partial charge >= 0.3 is 6.18 Å². The van der Waals surface area contributed by atoms with Crippen molar-refractivity contribution in [1.29, 1.82) is 0 Å². The van der Waals surface area contributed by atoms with Gasteiger partial charge in [-0.1, -0.05) is 11.6 Å². The molecule has 22 heavy (non-hydrogen) atoms. The van der Waals surface area contributed by atoms with Crippen molar-refractivity contribution in [2.45, 2.75) is 6.18 Å². The molecule has 1 amide bonds. The third kappa shape index (κ3) is 2.82. The van der Waals surface area contributed by atoms with Crippen molar-refractivity contribution >= 4 is 23.5 Å². The van der Waals surface area contributed by atoms with Gasteiger partial charge in [0, 0.05) is 14.1 Å². The first kappa shape index (κ1) is 16.0. The number of hydrazine groups is 2. The van der Waals surface area contributed by atoms with Crippen molar-refractivity contribution in [3.63, 3.8) is 0 Å². The molecule has 9 nitrogen and oxygen atoms in total. The number of aromatic nitrogens is 2. The number of guanidine groups is 1. The summed E-state index contributed by atoms with van der Waals surface area (Å²) in [7, 11) is 2.46. The van der Waals surface area contributed by atoms with E-state index in [1.165, 1.54) is 12.1 Å². The summed E-state index contributed by atoms with van der Waals surface area (Å²) in [5.41, 5.74) is 0.924. The summed E-state index contributed by atoms with van der Waals surface area (Å²) in [4.78, 5) is 23.5. The van der Waals surface area contributed by atoms with E-state index in [0.29, 0.717) is 4.68 Å². The maximum absolute atomic E-state index is 12.9. The Morgan fingerprint density at radius 3 is 2.50 bits per heavy atom. The van der Waals surface area contributed by atoms with Crippen molar-refractivity contribution < 1.29 is 18.0 Å². The van der Waals surface area contributed by atoms with Crippen molar-refractivity contribution in [1.82, 2.24) is 31.2 Å². The third-order valence-corrected chi connectivity index (χ3v) is 2.97. The van der Waals surface area contributed by atoms with Gasteiger partial charge < -0.3 is 0 Å². The van der Waals surface area contributed by atoms with Crippen LogP contribution in [0.3, 0.4) is 0 Å². The minimum absolute atomic E-state index is 0.0229. The Hall–Kier alpha value is -2.34. The smallest absolute Gasteiger partial charge is 0.288 e. The molecule has 1 aliphatic heterocycles. The Bertz CT molecular complexity index is 714. The van der Waals surface area contributed by atoms with Crippen LogP contribution < -0.4 is 21.9 Å². The second-order valence-electron chi connectivity index (χ2n) is 4.14. The normalized spacial score (nSPS) is 14.6. The van der Waals surface area contributed by atoms with Crippen LogP contribution >= 0.6 is 11.6 Å². The summed E-state index contributed by atoms with van der Waals surface area (Å²) < 4.78 is 39.1.